The SMILES string of the molecule is COc1ccc(S(=O)(=O)Nc2ccc(NC(=O)c3ccccc3)cc2)cc1. The van der Waals surface area contributed by atoms with Crippen molar-refractivity contribution in [2.24, 2.45) is 0 Å². The molecular formula is C20H18N2O4S. The number of rotatable bonds is 6. The van der Waals surface area contributed by atoms with Crippen LogP contribution in [0.15, 0.2) is 83.8 Å². The third-order valence-corrected chi connectivity index (χ3v) is 5.20. The van der Waals surface area contributed by atoms with Crippen LogP contribution < -0.4 is 14.8 Å². The molecule has 3 aromatic rings. The molecule has 0 saturated heterocycles. The summed E-state index contributed by atoms with van der Waals surface area (Å²) in [6.45, 7) is 0. The van der Waals surface area contributed by atoms with Gasteiger partial charge in [-0.05, 0) is 60.7 Å². The highest BCUT2D eigenvalue weighted by Gasteiger charge is 2.14. The fraction of sp³-hybridized carbons (Fsp3) is 0.0500. The van der Waals surface area contributed by atoms with Crippen molar-refractivity contribution in [3.8, 4) is 5.75 Å². The molecule has 1 amide bonds. The molecule has 3 rings (SSSR count). The lowest BCUT2D eigenvalue weighted by Crippen LogP contribution is -2.13. The van der Waals surface area contributed by atoms with Crippen molar-refractivity contribution in [3.63, 3.8) is 0 Å². The molecule has 0 saturated carbocycles. The van der Waals surface area contributed by atoms with Gasteiger partial charge in [0.05, 0.1) is 12.0 Å². The summed E-state index contributed by atoms with van der Waals surface area (Å²) in [5.41, 5.74) is 1.50. The molecule has 0 aliphatic rings. The second-order valence-corrected chi connectivity index (χ2v) is 7.36. The number of carbonyl (C=O) groups is 1. The van der Waals surface area contributed by atoms with E-state index in [0.717, 1.165) is 0 Å². The largest absolute Gasteiger partial charge is 0.497 e. The van der Waals surface area contributed by atoms with E-state index in [1.54, 1.807) is 60.7 Å². The number of carbonyl (C=O) groups excluding carboxylic acids is 1. The van der Waals surface area contributed by atoms with E-state index in [2.05, 4.69) is 10.0 Å². The third-order valence-electron chi connectivity index (χ3n) is 3.80. The molecule has 0 fully saturated rings. The molecule has 0 aromatic heterocycles. The van der Waals surface area contributed by atoms with Gasteiger partial charge in [-0.3, -0.25) is 9.52 Å². The zero-order chi connectivity index (χ0) is 19.3. The number of anilines is 2. The highest BCUT2D eigenvalue weighted by molar-refractivity contribution is 7.92. The quantitative estimate of drug-likeness (QED) is 0.680. The predicted octanol–water partition coefficient (Wildman–Crippen LogP) is 3.75. The molecule has 3 aromatic carbocycles. The number of amides is 1. The van der Waals surface area contributed by atoms with Gasteiger partial charge >= 0.3 is 0 Å². The molecule has 6 nitrogen and oxygen atoms in total. The van der Waals surface area contributed by atoms with Gasteiger partial charge in [0.15, 0.2) is 0 Å². The molecule has 2 N–H and O–H groups in total. The normalized spacial score (nSPS) is 10.9. The lowest BCUT2D eigenvalue weighted by Gasteiger charge is -2.10. The van der Waals surface area contributed by atoms with Crippen LogP contribution in [-0.2, 0) is 10.0 Å². The Labute approximate surface area is 157 Å². The van der Waals surface area contributed by atoms with Gasteiger partial charge in [0.1, 0.15) is 5.75 Å². The van der Waals surface area contributed by atoms with Crippen LogP contribution in [-0.4, -0.2) is 21.4 Å². The maximum atomic E-state index is 12.4. The van der Waals surface area contributed by atoms with E-state index in [1.165, 1.54) is 19.2 Å². The molecule has 0 heterocycles. The highest BCUT2D eigenvalue weighted by atomic mass is 32.2. The molecule has 0 aliphatic heterocycles. The maximum absolute atomic E-state index is 12.4. The first-order valence-corrected chi connectivity index (χ1v) is 9.59. The second-order valence-electron chi connectivity index (χ2n) is 5.68. The van der Waals surface area contributed by atoms with Crippen LogP contribution >= 0.6 is 0 Å². The van der Waals surface area contributed by atoms with E-state index < -0.39 is 10.0 Å². The fourth-order valence-corrected chi connectivity index (χ4v) is 3.44. The van der Waals surface area contributed by atoms with E-state index in [-0.39, 0.29) is 10.8 Å². The van der Waals surface area contributed by atoms with Gasteiger partial charge in [-0.25, -0.2) is 8.42 Å². The molecule has 27 heavy (non-hydrogen) atoms. The van der Waals surface area contributed by atoms with Gasteiger partial charge in [-0.15, -0.1) is 0 Å². The Kier molecular flexibility index (Phi) is 5.42. The summed E-state index contributed by atoms with van der Waals surface area (Å²) in [6.07, 6.45) is 0. The van der Waals surface area contributed by atoms with Crippen molar-refractivity contribution in [1.29, 1.82) is 0 Å². The summed E-state index contributed by atoms with van der Waals surface area (Å²) < 4.78 is 32.4. The molecular weight excluding hydrogens is 364 g/mol. The summed E-state index contributed by atoms with van der Waals surface area (Å²) >= 11 is 0. The Bertz CT molecular complexity index is 1020. The van der Waals surface area contributed by atoms with E-state index in [4.69, 9.17) is 4.74 Å². The van der Waals surface area contributed by atoms with Gasteiger partial charge in [-0.2, -0.15) is 0 Å². The minimum Gasteiger partial charge on any atom is -0.497 e. The smallest absolute Gasteiger partial charge is 0.261 e. The van der Waals surface area contributed by atoms with Crippen molar-refractivity contribution < 1.29 is 17.9 Å². The molecule has 138 valence electrons. The van der Waals surface area contributed by atoms with E-state index in [9.17, 15) is 13.2 Å². The zero-order valence-corrected chi connectivity index (χ0v) is 15.4. The van der Waals surface area contributed by atoms with Crippen molar-refractivity contribution in [2.75, 3.05) is 17.1 Å². The van der Waals surface area contributed by atoms with Crippen molar-refractivity contribution in [1.82, 2.24) is 0 Å². The number of benzene rings is 3. The first-order chi connectivity index (χ1) is 13.0. The Balaban J connectivity index is 1.68. The Morgan fingerprint density at radius 1 is 0.815 bits per heavy atom. The van der Waals surface area contributed by atoms with Gasteiger partial charge in [-0.1, -0.05) is 18.2 Å². The van der Waals surface area contributed by atoms with Crippen LogP contribution in [0.4, 0.5) is 11.4 Å². The standard InChI is InChI=1S/C20H18N2O4S/c1-26-18-11-13-19(14-12-18)27(24,25)22-17-9-7-16(8-10-17)21-20(23)15-5-3-2-4-6-15/h2-14,22H,1H3,(H,21,23). The van der Waals surface area contributed by atoms with E-state index in [1.807, 2.05) is 6.07 Å². The van der Waals surface area contributed by atoms with Crippen LogP contribution in [0.1, 0.15) is 10.4 Å². The topological polar surface area (TPSA) is 84.5 Å². The van der Waals surface area contributed by atoms with Crippen LogP contribution in [0.5, 0.6) is 5.75 Å². The third kappa shape index (κ3) is 4.65. The molecule has 0 atom stereocenters. The Hall–Kier alpha value is -3.32. The molecule has 0 unspecified atom stereocenters. The number of hydrogen-bond acceptors (Lipinski definition) is 4. The molecule has 7 heteroatoms. The predicted molar refractivity (Wildman–Crippen MR) is 105 cm³/mol. The zero-order valence-electron chi connectivity index (χ0n) is 14.5. The molecule has 0 spiro atoms. The number of ether oxygens (including phenoxy) is 1. The number of hydrogen-bond donors (Lipinski definition) is 2. The molecule has 0 aliphatic carbocycles. The van der Waals surface area contributed by atoms with Crippen LogP contribution in [0.2, 0.25) is 0 Å². The van der Waals surface area contributed by atoms with Gasteiger partial charge < -0.3 is 10.1 Å². The first-order valence-electron chi connectivity index (χ1n) is 8.11. The minimum absolute atomic E-state index is 0.129. The van der Waals surface area contributed by atoms with Gasteiger partial charge in [0.25, 0.3) is 15.9 Å². The summed E-state index contributed by atoms with van der Waals surface area (Å²) in [7, 11) is -2.20. The van der Waals surface area contributed by atoms with Crippen LogP contribution in [0, 0.1) is 0 Å². The van der Waals surface area contributed by atoms with Crippen molar-refractivity contribution in [2.45, 2.75) is 4.90 Å². The van der Waals surface area contributed by atoms with Gasteiger partial charge in [0.2, 0.25) is 0 Å². The monoisotopic (exact) mass is 382 g/mol. The molecule has 0 bridgehead atoms. The number of nitrogens with one attached hydrogen (secondary N) is 2. The van der Waals surface area contributed by atoms with Gasteiger partial charge in [0, 0.05) is 16.9 Å². The minimum atomic E-state index is -3.71. The summed E-state index contributed by atoms with van der Waals surface area (Å²) in [5.74, 6) is 0.342. The average Bonchev–Trinajstić information content (AvgIpc) is 2.70. The highest BCUT2D eigenvalue weighted by Crippen LogP contribution is 2.20. The fourth-order valence-electron chi connectivity index (χ4n) is 2.38. The number of sulfonamides is 1. The second kappa shape index (κ2) is 7.92. The first kappa shape index (κ1) is 18.5. The average molecular weight is 382 g/mol. The van der Waals surface area contributed by atoms with E-state index >= 15 is 0 Å². The van der Waals surface area contributed by atoms with Crippen LogP contribution in [0.25, 0.3) is 0 Å². The summed E-state index contributed by atoms with van der Waals surface area (Å²) in [5, 5.41) is 2.76. The number of methoxy groups -OCH3 is 1. The van der Waals surface area contributed by atoms with E-state index in [0.29, 0.717) is 22.7 Å². The molecule has 0 radical (unpaired) electrons. The van der Waals surface area contributed by atoms with Crippen molar-refractivity contribution >= 4 is 27.3 Å². The Morgan fingerprint density at radius 3 is 2.00 bits per heavy atom. The van der Waals surface area contributed by atoms with Crippen molar-refractivity contribution in [3.05, 3.63) is 84.4 Å². The Morgan fingerprint density at radius 2 is 1.41 bits per heavy atom. The lowest BCUT2D eigenvalue weighted by atomic mass is 10.2. The summed E-state index contributed by atoms with van der Waals surface area (Å²) in [4.78, 5) is 12.3. The lowest BCUT2D eigenvalue weighted by molar-refractivity contribution is 0.102. The maximum Gasteiger partial charge on any atom is 0.261 e. The van der Waals surface area contributed by atoms with Crippen LogP contribution in [0.3, 0.4) is 0 Å². The summed E-state index contributed by atoms with van der Waals surface area (Å²) in [6, 6.07) is 21.4.